The molecule has 1 amide bonds. The van der Waals surface area contributed by atoms with Gasteiger partial charge in [0.1, 0.15) is 5.75 Å². The highest BCUT2D eigenvalue weighted by atomic mass is 32.1. The van der Waals surface area contributed by atoms with Crippen LogP contribution in [0.3, 0.4) is 0 Å². The van der Waals surface area contributed by atoms with E-state index in [-0.39, 0.29) is 5.89 Å². The summed E-state index contributed by atoms with van der Waals surface area (Å²) in [6.45, 7) is 0.375. The molecule has 0 radical (unpaired) electrons. The van der Waals surface area contributed by atoms with Crippen molar-refractivity contribution < 1.29 is 14.1 Å². The van der Waals surface area contributed by atoms with Crippen LogP contribution >= 0.6 is 11.3 Å². The Kier molecular flexibility index (Phi) is 4.15. The van der Waals surface area contributed by atoms with Gasteiger partial charge in [-0.15, -0.1) is 11.3 Å². The standard InChI is InChI=1S/C15H13N3O3S/c1-20-11-6-4-10(5-7-11)9-16-14(19)15-17-13(18-21-15)12-3-2-8-22-12/h2-8H,9H2,1H3,(H,16,19). The summed E-state index contributed by atoms with van der Waals surface area (Å²) in [7, 11) is 1.61. The van der Waals surface area contributed by atoms with E-state index in [9.17, 15) is 4.79 Å². The van der Waals surface area contributed by atoms with E-state index >= 15 is 0 Å². The summed E-state index contributed by atoms with van der Waals surface area (Å²) >= 11 is 1.49. The van der Waals surface area contributed by atoms with Crippen molar-refractivity contribution in [2.24, 2.45) is 0 Å². The number of hydrogen-bond acceptors (Lipinski definition) is 6. The fourth-order valence-corrected chi connectivity index (χ4v) is 2.47. The lowest BCUT2D eigenvalue weighted by molar-refractivity contribution is 0.0907. The average molecular weight is 315 g/mol. The molecule has 112 valence electrons. The number of amides is 1. The summed E-state index contributed by atoms with van der Waals surface area (Å²) in [6.07, 6.45) is 0. The van der Waals surface area contributed by atoms with Crippen LogP contribution in [0.1, 0.15) is 16.2 Å². The van der Waals surface area contributed by atoms with E-state index in [1.807, 2.05) is 41.8 Å². The quantitative estimate of drug-likeness (QED) is 0.783. The molecule has 0 aliphatic rings. The molecule has 0 saturated carbocycles. The van der Waals surface area contributed by atoms with Crippen molar-refractivity contribution in [1.29, 1.82) is 0 Å². The second-order valence-corrected chi connectivity index (χ2v) is 5.38. The molecule has 3 rings (SSSR count). The van der Waals surface area contributed by atoms with Crippen molar-refractivity contribution in [3.8, 4) is 16.5 Å². The van der Waals surface area contributed by atoms with Gasteiger partial charge in [0, 0.05) is 6.54 Å². The van der Waals surface area contributed by atoms with Crippen LogP contribution in [0.15, 0.2) is 46.3 Å². The number of methoxy groups -OCH3 is 1. The number of aromatic nitrogens is 2. The van der Waals surface area contributed by atoms with Crippen LogP contribution in [0, 0.1) is 0 Å². The molecular weight excluding hydrogens is 302 g/mol. The summed E-state index contributed by atoms with van der Waals surface area (Å²) in [5.41, 5.74) is 0.951. The van der Waals surface area contributed by atoms with Crippen LogP contribution in [0.2, 0.25) is 0 Å². The number of thiophene rings is 1. The van der Waals surface area contributed by atoms with Gasteiger partial charge in [-0.2, -0.15) is 4.98 Å². The van der Waals surface area contributed by atoms with Gasteiger partial charge in [-0.25, -0.2) is 0 Å². The van der Waals surface area contributed by atoms with Gasteiger partial charge in [-0.05, 0) is 29.1 Å². The number of hydrogen-bond donors (Lipinski definition) is 1. The largest absolute Gasteiger partial charge is 0.497 e. The van der Waals surface area contributed by atoms with Gasteiger partial charge in [-0.3, -0.25) is 4.79 Å². The molecule has 22 heavy (non-hydrogen) atoms. The van der Waals surface area contributed by atoms with Crippen LogP contribution in [0.4, 0.5) is 0 Å². The molecule has 0 unspecified atom stereocenters. The predicted molar refractivity (Wildman–Crippen MR) is 81.8 cm³/mol. The number of nitrogens with one attached hydrogen (secondary N) is 1. The van der Waals surface area contributed by atoms with Crippen molar-refractivity contribution in [2.45, 2.75) is 6.54 Å². The first-order valence-electron chi connectivity index (χ1n) is 6.55. The Morgan fingerprint density at radius 2 is 2.14 bits per heavy atom. The second-order valence-electron chi connectivity index (χ2n) is 4.43. The first kappa shape index (κ1) is 14.3. The topological polar surface area (TPSA) is 77.2 Å². The zero-order chi connectivity index (χ0) is 15.4. The maximum Gasteiger partial charge on any atom is 0.316 e. The van der Waals surface area contributed by atoms with Crippen molar-refractivity contribution in [3.05, 3.63) is 53.2 Å². The van der Waals surface area contributed by atoms with Crippen molar-refractivity contribution in [2.75, 3.05) is 7.11 Å². The highest BCUT2D eigenvalue weighted by Gasteiger charge is 2.16. The van der Waals surface area contributed by atoms with Crippen LogP contribution in [-0.2, 0) is 6.54 Å². The zero-order valence-electron chi connectivity index (χ0n) is 11.8. The lowest BCUT2D eigenvalue weighted by Gasteiger charge is -2.04. The third kappa shape index (κ3) is 3.15. The molecule has 7 heteroatoms. The molecule has 2 aromatic heterocycles. The molecule has 2 heterocycles. The summed E-state index contributed by atoms with van der Waals surface area (Å²) < 4.78 is 10.1. The molecule has 1 N–H and O–H groups in total. The third-order valence-electron chi connectivity index (χ3n) is 2.97. The van der Waals surface area contributed by atoms with Crippen molar-refractivity contribution in [3.63, 3.8) is 0 Å². The Morgan fingerprint density at radius 3 is 2.82 bits per heavy atom. The molecular formula is C15H13N3O3S. The predicted octanol–water partition coefficient (Wildman–Crippen LogP) is 2.74. The molecule has 0 aliphatic heterocycles. The molecule has 1 aromatic carbocycles. The monoisotopic (exact) mass is 315 g/mol. The van der Waals surface area contributed by atoms with E-state index in [4.69, 9.17) is 9.26 Å². The van der Waals surface area contributed by atoms with Gasteiger partial charge in [-0.1, -0.05) is 23.4 Å². The summed E-state index contributed by atoms with van der Waals surface area (Å²) in [5, 5.41) is 8.45. The smallest absolute Gasteiger partial charge is 0.316 e. The number of ether oxygens (including phenoxy) is 1. The maximum atomic E-state index is 12.0. The molecule has 6 nitrogen and oxygen atoms in total. The van der Waals surface area contributed by atoms with Gasteiger partial charge in [0.25, 0.3) is 0 Å². The number of benzene rings is 1. The average Bonchev–Trinajstić information content (AvgIpc) is 3.23. The van der Waals surface area contributed by atoms with Crippen LogP contribution in [-0.4, -0.2) is 23.2 Å². The van der Waals surface area contributed by atoms with Gasteiger partial charge < -0.3 is 14.6 Å². The fraction of sp³-hybridized carbons (Fsp3) is 0.133. The summed E-state index contributed by atoms with van der Waals surface area (Å²) in [5.74, 6) is 0.750. The first-order chi connectivity index (χ1) is 10.8. The SMILES string of the molecule is COc1ccc(CNC(=O)c2nc(-c3cccs3)no2)cc1. The van der Waals surface area contributed by atoms with Crippen LogP contribution in [0.5, 0.6) is 5.75 Å². The molecule has 0 aliphatic carbocycles. The van der Waals surface area contributed by atoms with Crippen LogP contribution in [0.25, 0.3) is 10.7 Å². The second kappa shape index (κ2) is 6.40. The highest BCUT2D eigenvalue weighted by Crippen LogP contribution is 2.21. The molecule has 3 aromatic rings. The molecule has 0 atom stereocenters. The van der Waals surface area contributed by atoms with Gasteiger partial charge >= 0.3 is 11.8 Å². The number of carbonyl (C=O) groups is 1. The molecule has 0 fully saturated rings. The Hall–Kier alpha value is -2.67. The third-order valence-corrected chi connectivity index (χ3v) is 3.84. The normalized spacial score (nSPS) is 10.4. The summed E-state index contributed by atoms with van der Waals surface area (Å²) in [6, 6.07) is 11.2. The zero-order valence-corrected chi connectivity index (χ0v) is 12.6. The number of rotatable bonds is 5. The Bertz CT molecular complexity index is 751. The minimum atomic E-state index is -0.397. The fourth-order valence-electron chi connectivity index (χ4n) is 1.82. The minimum Gasteiger partial charge on any atom is -0.497 e. The molecule has 0 bridgehead atoms. The highest BCUT2D eigenvalue weighted by molar-refractivity contribution is 7.13. The van der Waals surface area contributed by atoms with E-state index in [0.29, 0.717) is 12.4 Å². The summed E-state index contributed by atoms with van der Waals surface area (Å²) in [4.78, 5) is 16.9. The van der Waals surface area contributed by atoms with Crippen molar-refractivity contribution >= 4 is 17.2 Å². The molecule has 0 spiro atoms. The number of nitrogens with zero attached hydrogens (tertiary/aromatic N) is 2. The lowest BCUT2D eigenvalue weighted by Crippen LogP contribution is -2.23. The van der Waals surface area contributed by atoms with E-state index in [2.05, 4.69) is 15.5 Å². The Balaban J connectivity index is 1.62. The Morgan fingerprint density at radius 1 is 1.32 bits per heavy atom. The molecule has 0 saturated heterocycles. The van der Waals surface area contributed by atoms with Crippen LogP contribution < -0.4 is 10.1 Å². The van der Waals surface area contributed by atoms with Gasteiger partial charge in [0.2, 0.25) is 5.82 Å². The maximum absolute atomic E-state index is 12.0. The lowest BCUT2D eigenvalue weighted by atomic mass is 10.2. The van der Waals surface area contributed by atoms with E-state index in [1.165, 1.54) is 11.3 Å². The number of carbonyl (C=O) groups excluding carboxylic acids is 1. The van der Waals surface area contributed by atoms with Gasteiger partial charge in [0.05, 0.1) is 12.0 Å². The first-order valence-corrected chi connectivity index (χ1v) is 7.43. The van der Waals surface area contributed by atoms with Gasteiger partial charge in [0.15, 0.2) is 0 Å². The van der Waals surface area contributed by atoms with Crippen molar-refractivity contribution in [1.82, 2.24) is 15.5 Å². The minimum absolute atomic E-state index is 0.0445. The van der Waals surface area contributed by atoms with E-state index in [1.54, 1.807) is 7.11 Å². The van der Waals surface area contributed by atoms with E-state index < -0.39 is 5.91 Å². The Labute approximate surface area is 130 Å². The van der Waals surface area contributed by atoms with E-state index in [0.717, 1.165) is 16.2 Å².